The molecule has 0 aromatic heterocycles. The summed E-state index contributed by atoms with van der Waals surface area (Å²) < 4.78 is 0. The smallest absolute Gasteiger partial charge is 0.220 e. The second-order valence-electron chi connectivity index (χ2n) is 10.5. The number of carbonyl (C=O) groups excluding carboxylic acids is 2. The Bertz CT molecular complexity index is 644. The van der Waals surface area contributed by atoms with E-state index in [2.05, 4.69) is 21.3 Å². The van der Waals surface area contributed by atoms with Gasteiger partial charge in [-0.05, 0) is 68.2 Å². The summed E-state index contributed by atoms with van der Waals surface area (Å²) >= 11 is 0. The van der Waals surface area contributed by atoms with Gasteiger partial charge in [0.05, 0.1) is 6.17 Å². The second kappa shape index (κ2) is 8.75. The van der Waals surface area contributed by atoms with Gasteiger partial charge in [-0.1, -0.05) is 19.3 Å². The Morgan fingerprint density at radius 1 is 0.833 bits per heavy atom. The van der Waals surface area contributed by atoms with Gasteiger partial charge in [0, 0.05) is 37.5 Å². The number of hydrogen-bond acceptors (Lipinski definition) is 5. The van der Waals surface area contributed by atoms with Crippen LogP contribution in [-0.4, -0.2) is 49.2 Å². The van der Waals surface area contributed by atoms with Gasteiger partial charge < -0.3 is 16.4 Å². The molecule has 0 aromatic rings. The monoisotopic (exact) mass is 417 g/mol. The average Bonchev–Trinajstić information content (AvgIpc) is 3.32. The molecule has 5 fully saturated rings. The fraction of sp³-hybridized carbons (Fsp3) is 0.913. The molecule has 3 aliphatic carbocycles. The molecule has 5 rings (SSSR count). The van der Waals surface area contributed by atoms with Crippen LogP contribution >= 0.6 is 0 Å². The molecule has 2 heterocycles. The number of carbonyl (C=O) groups is 2. The van der Waals surface area contributed by atoms with Gasteiger partial charge in [0.1, 0.15) is 0 Å². The molecule has 7 heteroatoms. The minimum Gasteiger partial charge on any atom is -0.370 e. The molecular weight excluding hydrogens is 378 g/mol. The molecule has 5 aliphatic rings. The quantitative estimate of drug-likeness (QED) is 0.456. The van der Waals surface area contributed by atoms with E-state index >= 15 is 0 Å². The zero-order valence-corrected chi connectivity index (χ0v) is 18.1. The van der Waals surface area contributed by atoms with Crippen molar-refractivity contribution in [3.63, 3.8) is 0 Å². The van der Waals surface area contributed by atoms with Crippen molar-refractivity contribution in [2.24, 2.45) is 35.3 Å². The van der Waals surface area contributed by atoms with Crippen LogP contribution in [0.5, 0.6) is 0 Å². The van der Waals surface area contributed by atoms with Crippen molar-refractivity contribution in [2.45, 2.75) is 88.5 Å². The molecule has 2 saturated heterocycles. The SMILES string of the molecule is NC(=O)CCC(=O)NC1C2CCCCC2C2C(C3NC4CCNCC4N3)CCCC12. The van der Waals surface area contributed by atoms with Crippen LogP contribution in [0.4, 0.5) is 0 Å². The molecule has 9 unspecified atom stereocenters. The predicted molar refractivity (Wildman–Crippen MR) is 115 cm³/mol. The number of fused-ring (bicyclic) bond motifs is 4. The Kier molecular flexibility index (Phi) is 6.04. The van der Waals surface area contributed by atoms with E-state index in [0.717, 1.165) is 19.0 Å². The topological polar surface area (TPSA) is 108 Å². The molecular formula is C23H39N5O2. The summed E-state index contributed by atoms with van der Waals surface area (Å²) in [5.41, 5.74) is 5.26. The Balaban J connectivity index is 1.32. The fourth-order valence-electron chi connectivity index (χ4n) is 7.86. The lowest BCUT2D eigenvalue weighted by molar-refractivity contribution is -0.126. The number of hydrogen-bond donors (Lipinski definition) is 5. The highest BCUT2D eigenvalue weighted by Gasteiger charge is 2.56. The van der Waals surface area contributed by atoms with Crippen molar-refractivity contribution >= 4 is 11.8 Å². The molecule has 6 N–H and O–H groups in total. The largest absolute Gasteiger partial charge is 0.370 e. The van der Waals surface area contributed by atoms with Crippen molar-refractivity contribution < 1.29 is 9.59 Å². The van der Waals surface area contributed by atoms with Gasteiger partial charge in [-0.15, -0.1) is 0 Å². The van der Waals surface area contributed by atoms with E-state index in [4.69, 9.17) is 5.73 Å². The summed E-state index contributed by atoms with van der Waals surface area (Å²) in [7, 11) is 0. The summed E-state index contributed by atoms with van der Waals surface area (Å²) in [6.45, 7) is 2.18. The molecule has 30 heavy (non-hydrogen) atoms. The molecule has 2 amide bonds. The standard InChI is InChI=1S/C23H39N5O2/c24-19(29)8-9-20(30)28-22-14-5-2-1-4-13(14)21-15(22)6-3-7-16(21)23-26-17-10-11-25-12-18(17)27-23/h13-18,21-23,25-27H,1-12H2,(H2,24,29)(H,28,30). The fourth-order valence-corrected chi connectivity index (χ4v) is 7.86. The van der Waals surface area contributed by atoms with Crippen molar-refractivity contribution in [1.82, 2.24) is 21.3 Å². The van der Waals surface area contributed by atoms with Crippen molar-refractivity contribution in [2.75, 3.05) is 13.1 Å². The van der Waals surface area contributed by atoms with E-state index in [9.17, 15) is 9.59 Å². The number of piperidine rings is 1. The molecule has 0 bridgehead atoms. The molecule has 0 spiro atoms. The number of nitrogens with one attached hydrogen (secondary N) is 4. The Hall–Kier alpha value is -1.18. The van der Waals surface area contributed by atoms with Gasteiger partial charge in [0.2, 0.25) is 11.8 Å². The molecule has 3 saturated carbocycles. The van der Waals surface area contributed by atoms with Gasteiger partial charge >= 0.3 is 0 Å². The lowest BCUT2D eigenvalue weighted by Gasteiger charge is -2.42. The lowest BCUT2D eigenvalue weighted by Crippen LogP contribution is -2.50. The Labute approximate surface area is 180 Å². The maximum atomic E-state index is 12.6. The molecule has 7 nitrogen and oxygen atoms in total. The van der Waals surface area contributed by atoms with Crippen LogP contribution in [0.2, 0.25) is 0 Å². The van der Waals surface area contributed by atoms with Gasteiger partial charge in [-0.25, -0.2) is 0 Å². The van der Waals surface area contributed by atoms with E-state index < -0.39 is 5.91 Å². The highest BCUT2D eigenvalue weighted by atomic mass is 16.2. The van der Waals surface area contributed by atoms with Crippen LogP contribution < -0.4 is 27.0 Å². The molecule has 9 atom stereocenters. The van der Waals surface area contributed by atoms with Crippen LogP contribution in [0.3, 0.4) is 0 Å². The average molecular weight is 418 g/mol. The molecule has 0 aromatic carbocycles. The van der Waals surface area contributed by atoms with E-state index in [1.807, 2.05) is 0 Å². The summed E-state index contributed by atoms with van der Waals surface area (Å²) in [6, 6.07) is 1.44. The van der Waals surface area contributed by atoms with Crippen LogP contribution in [0.15, 0.2) is 0 Å². The Morgan fingerprint density at radius 2 is 1.57 bits per heavy atom. The summed E-state index contributed by atoms with van der Waals surface area (Å²) in [5.74, 6) is 2.91. The van der Waals surface area contributed by atoms with E-state index in [-0.39, 0.29) is 24.8 Å². The summed E-state index contributed by atoms with van der Waals surface area (Å²) in [6.07, 6.45) is 11.0. The highest BCUT2D eigenvalue weighted by molar-refractivity contribution is 5.83. The van der Waals surface area contributed by atoms with Crippen LogP contribution in [0, 0.1) is 29.6 Å². The van der Waals surface area contributed by atoms with E-state index in [1.54, 1.807) is 0 Å². The van der Waals surface area contributed by atoms with Crippen LogP contribution in [-0.2, 0) is 9.59 Å². The molecule has 2 aliphatic heterocycles. The van der Waals surface area contributed by atoms with E-state index in [0.29, 0.717) is 41.9 Å². The molecule has 0 radical (unpaired) electrons. The van der Waals surface area contributed by atoms with Crippen molar-refractivity contribution in [1.29, 1.82) is 0 Å². The van der Waals surface area contributed by atoms with Gasteiger partial charge in [0.25, 0.3) is 0 Å². The number of rotatable bonds is 5. The number of nitrogens with two attached hydrogens (primary N) is 1. The summed E-state index contributed by atoms with van der Waals surface area (Å²) in [4.78, 5) is 23.7. The van der Waals surface area contributed by atoms with Crippen LogP contribution in [0.25, 0.3) is 0 Å². The first kappa shape index (κ1) is 20.7. The minimum atomic E-state index is -0.392. The third kappa shape index (κ3) is 3.89. The first-order valence-electron chi connectivity index (χ1n) is 12.4. The lowest BCUT2D eigenvalue weighted by atomic mass is 9.67. The predicted octanol–water partition coefficient (Wildman–Crippen LogP) is 0.839. The van der Waals surface area contributed by atoms with E-state index in [1.165, 1.54) is 51.4 Å². The van der Waals surface area contributed by atoms with Gasteiger partial charge in [-0.3, -0.25) is 20.2 Å². The normalized spacial score (nSPS) is 45.3. The molecule has 168 valence electrons. The number of primary amides is 1. The maximum absolute atomic E-state index is 12.6. The third-order valence-corrected chi connectivity index (χ3v) is 8.98. The van der Waals surface area contributed by atoms with Crippen LogP contribution in [0.1, 0.15) is 64.2 Å². The zero-order valence-electron chi connectivity index (χ0n) is 18.1. The highest BCUT2D eigenvalue weighted by Crippen LogP contribution is 2.57. The van der Waals surface area contributed by atoms with Crippen molar-refractivity contribution in [3.8, 4) is 0 Å². The maximum Gasteiger partial charge on any atom is 0.220 e. The second-order valence-corrected chi connectivity index (χ2v) is 10.5. The first-order chi connectivity index (χ1) is 14.6. The minimum absolute atomic E-state index is 0.0140. The number of amides is 2. The van der Waals surface area contributed by atoms with Gasteiger partial charge in [0.15, 0.2) is 0 Å². The Morgan fingerprint density at radius 3 is 2.37 bits per heavy atom. The first-order valence-corrected chi connectivity index (χ1v) is 12.4. The third-order valence-electron chi connectivity index (χ3n) is 8.98. The van der Waals surface area contributed by atoms with Crippen molar-refractivity contribution in [3.05, 3.63) is 0 Å². The summed E-state index contributed by atoms with van der Waals surface area (Å²) in [5, 5.41) is 14.8. The van der Waals surface area contributed by atoms with Gasteiger partial charge in [-0.2, -0.15) is 0 Å². The zero-order chi connectivity index (χ0) is 20.7.